The van der Waals surface area contributed by atoms with Gasteiger partial charge in [-0.05, 0) is 25.1 Å². The van der Waals surface area contributed by atoms with Crippen LogP contribution < -0.4 is 10.1 Å². The maximum absolute atomic E-state index is 12.0. The number of carbonyl (C=O) groups excluding carboxylic acids is 1. The third-order valence-electron chi connectivity index (χ3n) is 2.85. The van der Waals surface area contributed by atoms with Crippen LogP contribution >= 0.6 is 22.7 Å². The SMILES string of the molecule is COc1ccc2nc(NC(=O)Cc3csc(C)n3)sc2c1. The molecule has 3 rings (SSSR count). The number of thiazole rings is 2. The fourth-order valence-corrected chi connectivity index (χ4v) is 3.43. The molecule has 1 amide bonds. The predicted octanol–water partition coefficient (Wildman–Crippen LogP) is 3.25. The van der Waals surface area contributed by atoms with Gasteiger partial charge in [-0.25, -0.2) is 9.97 Å². The normalized spacial score (nSPS) is 10.8. The summed E-state index contributed by atoms with van der Waals surface area (Å²) < 4.78 is 6.16. The molecular weight excluding hydrogens is 306 g/mol. The maximum atomic E-state index is 12.0. The third-order valence-corrected chi connectivity index (χ3v) is 4.61. The topological polar surface area (TPSA) is 64.1 Å². The number of fused-ring (bicyclic) bond motifs is 1. The van der Waals surface area contributed by atoms with E-state index in [-0.39, 0.29) is 12.3 Å². The van der Waals surface area contributed by atoms with Gasteiger partial charge in [-0.1, -0.05) is 11.3 Å². The largest absolute Gasteiger partial charge is 0.497 e. The summed E-state index contributed by atoms with van der Waals surface area (Å²) >= 11 is 2.97. The van der Waals surface area contributed by atoms with Gasteiger partial charge in [0.2, 0.25) is 5.91 Å². The first-order chi connectivity index (χ1) is 10.1. The lowest BCUT2D eigenvalue weighted by Crippen LogP contribution is -2.14. The number of carbonyl (C=O) groups is 1. The number of hydrogen-bond acceptors (Lipinski definition) is 6. The number of ether oxygens (including phenoxy) is 1. The summed E-state index contributed by atoms with van der Waals surface area (Å²) in [5.74, 6) is 0.674. The van der Waals surface area contributed by atoms with Crippen LogP contribution in [0.25, 0.3) is 10.2 Å². The van der Waals surface area contributed by atoms with E-state index in [1.54, 1.807) is 18.4 Å². The van der Waals surface area contributed by atoms with Gasteiger partial charge in [-0.2, -0.15) is 0 Å². The second-order valence-corrected chi connectivity index (χ2v) is 6.53. The van der Waals surface area contributed by atoms with Crippen LogP contribution in [0.15, 0.2) is 23.6 Å². The van der Waals surface area contributed by atoms with Crippen molar-refractivity contribution in [2.24, 2.45) is 0 Å². The van der Waals surface area contributed by atoms with Crippen molar-refractivity contribution in [2.75, 3.05) is 12.4 Å². The summed E-state index contributed by atoms with van der Waals surface area (Å²) in [7, 11) is 1.63. The van der Waals surface area contributed by atoms with Gasteiger partial charge >= 0.3 is 0 Å². The fourth-order valence-electron chi connectivity index (χ4n) is 1.90. The molecule has 3 aromatic rings. The molecule has 0 saturated carbocycles. The third kappa shape index (κ3) is 3.20. The highest BCUT2D eigenvalue weighted by Crippen LogP contribution is 2.29. The van der Waals surface area contributed by atoms with Crippen LogP contribution in [0.1, 0.15) is 10.7 Å². The van der Waals surface area contributed by atoms with Gasteiger partial charge < -0.3 is 10.1 Å². The standard InChI is InChI=1S/C14H13N3O2S2/c1-8-15-9(7-20-8)5-13(18)17-14-16-11-4-3-10(19-2)6-12(11)21-14/h3-4,6-7H,5H2,1-2H3,(H,16,17,18). The van der Waals surface area contributed by atoms with Crippen molar-refractivity contribution in [1.29, 1.82) is 0 Å². The van der Waals surface area contributed by atoms with Crippen molar-refractivity contribution in [3.05, 3.63) is 34.3 Å². The molecular formula is C14H13N3O2S2. The number of methoxy groups -OCH3 is 1. The number of aryl methyl sites for hydroxylation is 1. The van der Waals surface area contributed by atoms with Crippen LogP contribution in [0.4, 0.5) is 5.13 Å². The van der Waals surface area contributed by atoms with Crippen LogP contribution in [0.5, 0.6) is 5.75 Å². The molecule has 7 heteroatoms. The monoisotopic (exact) mass is 319 g/mol. The fraction of sp³-hybridized carbons (Fsp3) is 0.214. The van der Waals surface area contributed by atoms with Crippen LogP contribution in [0.2, 0.25) is 0 Å². The number of aromatic nitrogens is 2. The molecule has 0 spiro atoms. The Morgan fingerprint density at radius 3 is 2.95 bits per heavy atom. The molecule has 21 heavy (non-hydrogen) atoms. The highest BCUT2D eigenvalue weighted by atomic mass is 32.1. The molecule has 2 aromatic heterocycles. The molecule has 108 valence electrons. The Labute approximate surface area is 129 Å². The number of benzene rings is 1. The maximum Gasteiger partial charge on any atom is 0.232 e. The molecule has 0 aliphatic rings. The number of nitrogens with zero attached hydrogens (tertiary/aromatic N) is 2. The van der Waals surface area contributed by atoms with Crippen molar-refractivity contribution in [3.63, 3.8) is 0 Å². The Morgan fingerprint density at radius 1 is 1.38 bits per heavy atom. The quantitative estimate of drug-likeness (QED) is 0.802. The Hall–Kier alpha value is -1.99. The molecule has 0 aliphatic heterocycles. The van der Waals surface area contributed by atoms with Crippen molar-refractivity contribution < 1.29 is 9.53 Å². The minimum atomic E-state index is -0.105. The zero-order valence-electron chi connectivity index (χ0n) is 11.5. The number of anilines is 1. The molecule has 0 bridgehead atoms. The van der Waals surface area contributed by atoms with Crippen molar-refractivity contribution in [3.8, 4) is 5.75 Å². The number of rotatable bonds is 4. The Kier molecular flexibility index (Phi) is 3.85. The van der Waals surface area contributed by atoms with E-state index >= 15 is 0 Å². The summed E-state index contributed by atoms with van der Waals surface area (Å²) in [6.45, 7) is 1.92. The average Bonchev–Trinajstić information content (AvgIpc) is 3.03. The summed E-state index contributed by atoms with van der Waals surface area (Å²) in [6, 6.07) is 5.64. The molecule has 5 nitrogen and oxygen atoms in total. The summed E-state index contributed by atoms with van der Waals surface area (Å²) in [4.78, 5) is 20.7. The predicted molar refractivity (Wildman–Crippen MR) is 85.4 cm³/mol. The average molecular weight is 319 g/mol. The lowest BCUT2D eigenvalue weighted by molar-refractivity contribution is -0.115. The van der Waals surface area contributed by atoms with E-state index in [1.165, 1.54) is 11.3 Å². The lowest BCUT2D eigenvalue weighted by Gasteiger charge is -1.98. The number of hydrogen-bond donors (Lipinski definition) is 1. The molecule has 1 aromatic carbocycles. The summed E-state index contributed by atoms with van der Waals surface area (Å²) in [5, 5.41) is 6.28. The lowest BCUT2D eigenvalue weighted by atomic mass is 10.3. The second-order valence-electron chi connectivity index (χ2n) is 4.44. The molecule has 0 atom stereocenters. The highest BCUT2D eigenvalue weighted by molar-refractivity contribution is 7.22. The van der Waals surface area contributed by atoms with Gasteiger partial charge in [0, 0.05) is 5.38 Å². The van der Waals surface area contributed by atoms with E-state index in [9.17, 15) is 4.79 Å². The molecule has 2 heterocycles. The summed E-state index contributed by atoms with van der Waals surface area (Å²) in [5.41, 5.74) is 1.64. The molecule has 0 aliphatic carbocycles. The van der Waals surface area contributed by atoms with E-state index in [1.807, 2.05) is 30.5 Å². The molecule has 0 unspecified atom stereocenters. The summed E-state index contributed by atoms with van der Waals surface area (Å²) in [6.07, 6.45) is 0.267. The van der Waals surface area contributed by atoms with Gasteiger partial charge in [0.1, 0.15) is 5.75 Å². The minimum absolute atomic E-state index is 0.105. The van der Waals surface area contributed by atoms with Gasteiger partial charge in [0.05, 0.1) is 34.4 Å². The Bertz CT molecular complexity index is 794. The molecule has 0 radical (unpaired) electrons. The number of nitrogens with one attached hydrogen (secondary N) is 1. The highest BCUT2D eigenvalue weighted by Gasteiger charge is 2.10. The molecule has 1 N–H and O–H groups in total. The molecule has 0 saturated heterocycles. The smallest absolute Gasteiger partial charge is 0.232 e. The van der Waals surface area contributed by atoms with Crippen LogP contribution in [-0.2, 0) is 11.2 Å². The van der Waals surface area contributed by atoms with Gasteiger partial charge in [-0.15, -0.1) is 11.3 Å². The first-order valence-corrected chi connectivity index (χ1v) is 7.99. The van der Waals surface area contributed by atoms with Crippen LogP contribution in [0.3, 0.4) is 0 Å². The zero-order valence-corrected chi connectivity index (χ0v) is 13.2. The van der Waals surface area contributed by atoms with Gasteiger partial charge in [-0.3, -0.25) is 4.79 Å². The van der Waals surface area contributed by atoms with Crippen molar-refractivity contribution in [2.45, 2.75) is 13.3 Å². The van der Waals surface area contributed by atoms with E-state index in [2.05, 4.69) is 15.3 Å². The van der Waals surface area contributed by atoms with Crippen molar-refractivity contribution in [1.82, 2.24) is 9.97 Å². The Balaban J connectivity index is 1.73. The first kappa shape index (κ1) is 14.0. The van der Waals surface area contributed by atoms with E-state index in [4.69, 9.17) is 4.74 Å². The van der Waals surface area contributed by atoms with E-state index in [0.717, 1.165) is 26.7 Å². The second kappa shape index (κ2) is 5.79. The van der Waals surface area contributed by atoms with E-state index in [0.29, 0.717) is 5.13 Å². The zero-order chi connectivity index (χ0) is 14.8. The van der Waals surface area contributed by atoms with Gasteiger partial charge in [0.15, 0.2) is 5.13 Å². The number of amides is 1. The first-order valence-electron chi connectivity index (χ1n) is 6.29. The minimum Gasteiger partial charge on any atom is -0.497 e. The van der Waals surface area contributed by atoms with Crippen molar-refractivity contribution >= 4 is 43.9 Å². The van der Waals surface area contributed by atoms with Crippen LogP contribution in [0, 0.1) is 6.92 Å². The van der Waals surface area contributed by atoms with Gasteiger partial charge in [0.25, 0.3) is 0 Å². The van der Waals surface area contributed by atoms with Crippen LogP contribution in [-0.4, -0.2) is 23.0 Å². The Morgan fingerprint density at radius 2 is 2.24 bits per heavy atom. The van der Waals surface area contributed by atoms with E-state index < -0.39 is 0 Å². The molecule has 0 fully saturated rings.